The maximum absolute atomic E-state index is 12.5. The van der Waals surface area contributed by atoms with Crippen LogP contribution in [0.5, 0.6) is 0 Å². The fraction of sp³-hybridized carbons (Fsp3) is 0.600. The summed E-state index contributed by atoms with van der Waals surface area (Å²) < 4.78 is 4.96. The smallest absolute Gasteiger partial charge is 0.239 e. The van der Waals surface area contributed by atoms with E-state index in [1.165, 1.54) is 24.9 Å². The lowest BCUT2D eigenvalue weighted by molar-refractivity contribution is -0.138. The van der Waals surface area contributed by atoms with Crippen molar-refractivity contribution in [2.45, 2.75) is 39.5 Å². The Morgan fingerprint density at radius 3 is 2.35 bits per heavy atom. The molecule has 0 radical (unpaired) electrons. The van der Waals surface area contributed by atoms with Crippen LogP contribution in [0.15, 0.2) is 24.3 Å². The Hall–Kier alpha value is -2.08. The van der Waals surface area contributed by atoms with Crippen LogP contribution in [0, 0.1) is 5.41 Å². The van der Waals surface area contributed by atoms with E-state index in [1.807, 2.05) is 24.3 Å². The molecule has 0 bridgehead atoms. The van der Waals surface area contributed by atoms with Crippen molar-refractivity contribution < 1.29 is 14.3 Å². The molecule has 0 saturated carbocycles. The lowest BCUT2D eigenvalue weighted by atomic mass is 9.91. The summed E-state index contributed by atoms with van der Waals surface area (Å²) in [6.07, 6.45) is 4.48. The number of hydrogen-bond donors (Lipinski definition) is 2. The Bertz CT molecular complexity index is 593. The van der Waals surface area contributed by atoms with E-state index >= 15 is 0 Å². The molecule has 0 unspecified atom stereocenters. The molecular weight excluding hydrogens is 330 g/mol. The van der Waals surface area contributed by atoms with E-state index in [1.54, 1.807) is 21.0 Å². The van der Waals surface area contributed by atoms with Crippen LogP contribution in [-0.2, 0) is 14.3 Å². The summed E-state index contributed by atoms with van der Waals surface area (Å²) in [5.74, 6) is -0.594. The van der Waals surface area contributed by atoms with E-state index in [9.17, 15) is 9.59 Å². The van der Waals surface area contributed by atoms with Crippen LogP contribution in [0.1, 0.15) is 39.5 Å². The number of carbonyl (C=O) groups excluding carboxylic acids is 2. The molecule has 0 atom stereocenters. The molecule has 144 valence electrons. The van der Waals surface area contributed by atoms with Crippen LogP contribution >= 0.6 is 0 Å². The Labute approximate surface area is 156 Å². The van der Waals surface area contributed by atoms with Crippen molar-refractivity contribution in [1.82, 2.24) is 5.32 Å². The van der Waals surface area contributed by atoms with Crippen molar-refractivity contribution >= 4 is 23.2 Å². The largest absolute Gasteiger partial charge is 0.385 e. The fourth-order valence-electron chi connectivity index (χ4n) is 2.94. The summed E-state index contributed by atoms with van der Waals surface area (Å²) >= 11 is 0. The first kappa shape index (κ1) is 20.2. The summed E-state index contributed by atoms with van der Waals surface area (Å²) in [6.45, 7) is 6.51. The summed E-state index contributed by atoms with van der Waals surface area (Å²) in [5, 5.41) is 5.64. The van der Waals surface area contributed by atoms with Crippen molar-refractivity contribution in [2.75, 3.05) is 43.6 Å². The molecule has 6 nitrogen and oxygen atoms in total. The highest BCUT2D eigenvalue weighted by atomic mass is 16.5. The zero-order valence-electron chi connectivity index (χ0n) is 16.1. The highest BCUT2D eigenvalue weighted by Gasteiger charge is 2.35. The molecule has 0 aliphatic carbocycles. The summed E-state index contributed by atoms with van der Waals surface area (Å²) in [4.78, 5) is 27.2. The van der Waals surface area contributed by atoms with Gasteiger partial charge in [-0.3, -0.25) is 9.59 Å². The number of carbonyl (C=O) groups is 2. The summed E-state index contributed by atoms with van der Waals surface area (Å²) in [7, 11) is 1.62. The average Bonchev–Trinajstić information content (AvgIpc) is 2.66. The topological polar surface area (TPSA) is 70.7 Å². The van der Waals surface area contributed by atoms with Crippen molar-refractivity contribution in [1.29, 1.82) is 0 Å². The molecule has 2 N–H and O–H groups in total. The monoisotopic (exact) mass is 361 g/mol. The highest BCUT2D eigenvalue weighted by molar-refractivity contribution is 6.09. The molecule has 1 aliphatic rings. The van der Waals surface area contributed by atoms with Crippen molar-refractivity contribution in [3.05, 3.63) is 24.3 Å². The van der Waals surface area contributed by atoms with Gasteiger partial charge in [-0.15, -0.1) is 0 Å². The summed E-state index contributed by atoms with van der Waals surface area (Å²) in [5.41, 5.74) is 0.743. The number of nitrogens with one attached hydrogen (secondary N) is 2. The molecule has 1 aromatic rings. The molecule has 2 rings (SSSR count). The van der Waals surface area contributed by atoms with Gasteiger partial charge in [0.05, 0.1) is 0 Å². The second kappa shape index (κ2) is 9.57. The normalized spacial score (nSPS) is 14.8. The fourth-order valence-corrected chi connectivity index (χ4v) is 2.94. The number of benzene rings is 1. The number of anilines is 2. The third-order valence-electron chi connectivity index (χ3n) is 4.79. The van der Waals surface area contributed by atoms with Gasteiger partial charge in [-0.05, 0) is 63.8 Å². The van der Waals surface area contributed by atoms with Gasteiger partial charge in [0, 0.05) is 44.7 Å². The Kier molecular flexibility index (Phi) is 7.45. The Balaban J connectivity index is 1.89. The SMILES string of the molecule is COCCCNC(=O)C(C)(C)C(=O)Nc1ccc(N2CCCCC2)cc1. The van der Waals surface area contributed by atoms with E-state index < -0.39 is 5.41 Å². The maximum Gasteiger partial charge on any atom is 0.239 e. The molecule has 6 heteroatoms. The van der Waals surface area contributed by atoms with Gasteiger partial charge in [0.2, 0.25) is 11.8 Å². The van der Waals surface area contributed by atoms with Gasteiger partial charge in [0.1, 0.15) is 5.41 Å². The quantitative estimate of drug-likeness (QED) is 0.552. The van der Waals surface area contributed by atoms with Gasteiger partial charge in [0.15, 0.2) is 0 Å². The highest BCUT2D eigenvalue weighted by Crippen LogP contribution is 2.23. The standard InChI is InChI=1S/C20H31N3O3/c1-20(2,18(24)21-12-7-15-26-3)19(25)22-16-8-10-17(11-9-16)23-13-5-4-6-14-23/h8-11H,4-7,12-15H2,1-3H3,(H,21,24)(H,22,25). The van der Waals surface area contributed by atoms with Crippen LogP contribution < -0.4 is 15.5 Å². The first-order chi connectivity index (χ1) is 12.4. The second-order valence-electron chi connectivity index (χ2n) is 7.28. The minimum Gasteiger partial charge on any atom is -0.385 e. The third kappa shape index (κ3) is 5.46. The average molecular weight is 361 g/mol. The zero-order chi connectivity index (χ0) is 19.0. The minimum absolute atomic E-state index is 0.281. The van der Waals surface area contributed by atoms with Crippen LogP contribution in [0.25, 0.3) is 0 Å². The van der Waals surface area contributed by atoms with Gasteiger partial charge in [-0.1, -0.05) is 0 Å². The maximum atomic E-state index is 12.5. The van der Waals surface area contributed by atoms with Crippen LogP contribution in [0.2, 0.25) is 0 Å². The predicted molar refractivity (Wildman–Crippen MR) is 104 cm³/mol. The molecule has 1 aromatic carbocycles. The van der Waals surface area contributed by atoms with E-state index in [-0.39, 0.29) is 11.8 Å². The molecule has 1 heterocycles. The molecule has 26 heavy (non-hydrogen) atoms. The van der Waals surface area contributed by atoms with Gasteiger partial charge in [-0.2, -0.15) is 0 Å². The van der Waals surface area contributed by atoms with Crippen LogP contribution in [0.3, 0.4) is 0 Å². The number of hydrogen-bond acceptors (Lipinski definition) is 4. The first-order valence-electron chi connectivity index (χ1n) is 9.39. The number of rotatable bonds is 8. The van der Waals surface area contributed by atoms with Gasteiger partial charge < -0.3 is 20.3 Å². The van der Waals surface area contributed by atoms with Crippen molar-refractivity contribution in [3.8, 4) is 0 Å². The number of piperidine rings is 1. The minimum atomic E-state index is -1.14. The lowest BCUT2D eigenvalue weighted by Crippen LogP contribution is -2.45. The molecule has 1 fully saturated rings. The van der Waals surface area contributed by atoms with E-state index in [0.717, 1.165) is 19.5 Å². The first-order valence-corrected chi connectivity index (χ1v) is 9.39. The van der Waals surface area contributed by atoms with Gasteiger partial charge in [-0.25, -0.2) is 0 Å². The molecular formula is C20H31N3O3. The van der Waals surface area contributed by atoms with Crippen molar-refractivity contribution in [2.24, 2.45) is 5.41 Å². The number of methoxy groups -OCH3 is 1. The van der Waals surface area contributed by atoms with Crippen LogP contribution in [-0.4, -0.2) is 45.2 Å². The van der Waals surface area contributed by atoms with E-state index in [0.29, 0.717) is 18.8 Å². The van der Waals surface area contributed by atoms with Crippen LogP contribution in [0.4, 0.5) is 11.4 Å². The Morgan fingerprint density at radius 2 is 1.73 bits per heavy atom. The van der Waals surface area contributed by atoms with Gasteiger partial charge >= 0.3 is 0 Å². The predicted octanol–water partition coefficient (Wildman–Crippen LogP) is 2.79. The van der Waals surface area contributed by atoms with E-state index in [4.69, 9.17) is 4.74 Å². The molecule has 2 amide bonds. The number of ether oxygens (including phenoxy) is 1. The zero-order valence-corrected chi connectivity index (χ0v) is 16.1. The van der Waals surface area contributed by atoms with Crippen molar-refractivity contribution in [3.63, 3.8) is 0 Å². The molecule has 0 spiro atoms. The molecule has 0 aromatic heterocycles. The number of amides is 2. The Morgan fingerprint density at radius 1 is 1.08 bits per heavy atom. The molecule has 1 aliphatic heterocycles. The third-order valence-corrected chi connectivity index (χ3v) is 4.79. The molecule has 1 saturated heterocycles. The second-order valence-corrected chi connectivity index (χ2v) is 7.28. The van der Waals surface area contributed by atoms with Gasteiger partial charge in [0.25, 0.3) is 0 Å². The lowest BCUT2D eigenvalue weighted by Gasteiger charge is -2.29. The van der Waals surface area contributed by atoms with E-state index in [2.05, 4.69) is 15.5 Å². The number of nitrogens with zero attached hydrogens (tertiary/aromatic N) is 1. The summed E-state index contributed by atoms with van der Waals surface area (Å²) in [6, 6.07) is 7.85.